The van der Waals surface area contributed by atoms with Crippen molar-refractivity contribution in [3.63, 3.8) is 0 Å². The quantitative estimate of drug-likeness (QED) is 0.483. The summed E-state index contributed by atoms with van der Waals surface area (Å²) in [5.41, 5.74) is 0.0864. The lowest BCUT2D eigenvalue weighted by Crippen LogP contribution is -2.32. The molecular weight excluding hydrogens is 432 g/mol. The predicted molar refractivity (Wildman–Crippen MR) is 113 cm³/mol. The number of Topliss-reactive ketones (excluding diaryl/α,β-unsaturated/α-hetero) is 1. The Balaban J connectivity index is 1.72. The maximum atomic E-state index is 13.2. The van der Waals surface area contributed by atoms with Crippen LogP contribution in [0.2, 0.25) is 0 Å². The summed E-state index contributed by atoms with van der Waals surface area (Å²) in [6.07, 6.45) is -0.212. The predicted octanol–water partition coefficient (Wildman–Crippen LogP) is 3.97. The number of hydrogen-bond donors (Lipinski definition) is 1. The summed E-state index contributed by atoms with van der Waals surface area (Å²) in [5.74, 6) is -0.0569. The van der Waals surface area contributed by atoms with Crippen LogP contribution in [0, 0.1) is 0 Å². The first-order valence-corrected chi connectivity index (χ1v) is 9.92. The number of para-hydroxylation sites is 2. The number of aromatic nitrogens is 2. The van der Waals surface area contributed by atoms with E-state index in [-0.39, 0.29) is 23.6 Å². The van der Waals surface area contributed by atoms with Crippen molar-refractivity contribution < 1.29 is 9.90 Å². The van der Waals surface area contributed by atoms with Crippen LogP contribution in [0.15, 0.2) is 82.1 Å². The average Bonchev–Trinajstić information content (AvgIpc) is 2.98. The van der Waals surface area contributed by atoms with Gasteiger partial charge in [-0.25, -0.2) is 4.98 Å². The largest absolute Gasteiger partial charge is 0.377 e. The lowest BCUT2D eigenvalue weighted by atomic mass is 9.87. The molecule has 0 amide bonds. The first-order chi connectivity index (χ1) is 14.0. The Hall–Kier alpha value is -3.09. The molecule has 0 unspecified atom stereocenters. The molecule has 0 spiro atoms. The van der Waals surface area contributed by atoms with Crippen molar-refractivity contribution in [2.45, 2.75) is 12.0 Å². The van der Waals surface area contributed by atoms with Gasteiger partial charge in [-0.3, -0.25) is 14.2 Å². The fourth-order valence-corrected chi connectivity index (χ4v) is 4.18. The first-order valence-electron chi connectivity index (χ1n) is 9.12. The molecule has 142 valence electrons. The van der Waals surface area contributed by atoms with E-state index in [1.807, 2.05) is 0 Å². The zero-order valence-corrected chi connectivity index (χ0v) is 16.8. The van der Waals surface area contributed by atoms with E-state index in [0.29, 0.717) is 27.7 Å². The van der Waals surface area contributed by atoms with Gasteiger partial charge in [-0.05, 0) is 30.3 Å². The zero-order chi connectivity index (χ0) is 20.2. The molecule has 0 saturated heterocycles. The third kappa shape index (κ3) is 2.68. The van der Waals surface area contributed by atoms with Gasteiger partial charge in [-0.15, -0.1) is 0 Å². The SMILES string of the molecule is O=C(C[C@]1(O)c2ccccc2-n2c1nc1ccccc1c2=O)c1ccc(Br)cc1. The van der Waals surface area contributed by atoms with E-state index in [4.69, 9.17) is 0 Å². The van der Waals surface area contributed by atoms with Crippen molar-refractivity contribution in [3.8, 4) is 5.69 Å². The van der Waals surface area contributed by atoms with Gasteiger partial charge in [0.25, 0.3) is 5.56 Å². The molecule has 1 atom stereocenters. The minimum Gasteiger partial charge on any atom is -0.377 e. The van der Waals surface area contributed by atoms with E-state index >= 15 is 0 Å². The van der Waals surface area contributed by atoms with Crippen LogP contribution < -0.4 is 5.56 Å². The summed E-state index contributed by atoms with van der Waals surface area (Å²) in [5, 5.41) is 12.2. The van der Waals surface area contributed by atoms with Gasteiger partial charge in [0, 0.05) is 15.6 Å². The summed E-state index contributed by atoms with van der Waals surface area (Å²) in [6.45, 7) is 0. The number of carbonyl (C=O) groups is 1. The zero-order valence-electron chi connectivity index (χ0n) is 15.2. The number of carbonyl (C=O) groups excluding carboxylic acids is 1. The third-order valence-electron chi connectivity index (χ3n) is 5.32. The van der Waals surface area contributed by atoms with Crippen LogP contribution in [-0.2, 0) is 5.60 Å². The van der Waals surface area contributed by atoms with Crippen LogP contribution in [0.3, 0.4) is 0 Å². The summed E-state index contributed by atoms with van der Waals surface area (Å²) >= 11 is 3.36. The van der Waals surface area contributed by atoms with Crippen molar-refractivity contribution in [1.29, 1.82) is 0 Å². The van der Waals surface area contributed by atoms with Crippen molar-refractivity contribution in [2.24, 2.45) is 0 Å². The molecule has 1 aliphatic heterocycles. The van der Waals surface area contributed by atoms with Crippen LogP contribution >= 0.6 is 15.9 Å². The molecule has 0 radical (unpaired) electrons. The van der Waals surface area contributed by atoms with E-state index in [1.165, 1.54) is 4.57 Å². The van der Waals surface area contributed by atoms with Crippen LogP contribution in [0.25, 0.3) is 16.6 Å². The maximum Gasteiger partial charge on any atom is 0.266 e. The number of fused-ring (bicyclic) bond motifs is 4. The highest BCUT2D eigenvalue weighted by molar-refractivity contribution is 9.10. The van der Waals surface area contributed by atoms with Gasteiger partial charge in [-0.1, -0.05) is 58.4 Å². The Morgan fingerprint density at radius 2 is 1.69 bits per heavy atom. The number of benzene rings is 3. The molecule has 1 aliphatic rings. The van der Waals surface area contributed by atoms with E-state index in [9.17, 15) is 14.7 Å². The number of hydrogen-bond acceptors (Lipinski definition) is 4. The molecular formula is C23H15BrN2O3. The Bertz CT molecular complexity index is 1340. The summed E-state index contributed by atoms with van der Waals surface area (Å²) in [6, 6.07) is 21.1. The van der Waals surface area contributed by atoms with E-state index in [1.54, 1.807) is 72.8 Å². The molecule has 2 heterocycles. The van der Waals surface area contributed by atoms with Gasteiger partial charge < -0.3 is 5.11 Å². The fraction of sp³-hybridized carbons (Fsp3) is 0.0870. The monoisotopic (exact) mass is 446 g/mol. The van der Waals surface area contributed by atoms with Crippen molar-refractivity contribution in [1.82, 2.24) is 9.55 Å². The Kier molecular flexibility index (Phi) is 4.01. The van der Waals surface area contributed by atoms with E-state index < -0.39 is 5.60 Å². The number of aliphatic hydroxyl groups is 1. The van der Waals surface area contributed by atoms with Crippen LogP contribution in [0.5, 0.6) is 0 Å². The minimum atomic E-state index is -1.69. The molecule has 0 aliphatic carbocycles. The third-order valence-corrected chi connectivity index (χ3v) is 5.85. The molecule has 0 fully saturated rings. The van der Waals surface area contributed by atoms with E-state index in [2.05, 4.69) is 20.9 Å². The smallest absolute Gasteiger partial charge is 0.266 e. The van der Waals surface area contributed by atoms with Gasteiger partial charge in [0.15, 0.2) is 17.2 Å². The number of rotatable bonds is 3. The van der Waals surface area contributed by atoms with Crippen molar-refractivity contribution >= 4 is 32.6 Å². The van der Waals surface area contributed by atoms with E-state index in [0.717, 1.165) is 4.47 Å². The molecule has 5 rings (SSSR count). The normalized spacial score (nSPS) is 17.2. The van der Waals surface area contributed by atoms with Gasteiger partial charge in [0.05, 0.1) is 23.0 Å². The highest BCUT2D eigenvalue weighted by Gasteiger charge is 2.46. The Morgan fingerprint density at radius 1 is 1.00 bits per heavy atom. The second-order valence-electron chi connectivity index (χ2n) is 7.08. The first kappa shape index (κ1) is 18.0. The van der Waals surface area contributed by atoms with Crippen LogP contribution in [-0.4, -0.2) is 20.4 Å². The summed E-state index contributed by atoms with van der Waals surface area (Å²) in [4.78, 5) is 30.8. The van der Waals surface area contributed by atoms with Crippen molar-refractivity contribution in [2.75, 3.05) is 0 Å². The Morgan fingerprint density at radius 3 is 2.48 bits per heavy atom. The highest BCUT2D eigenvalue weighted by atomic mass is 79.9. The lowest BCUT2D eigenvalue weighted by Gasteiger charge is -2.23. The topological polar surface area (TPSA) is 72.2 Å². The number of nitrogens with zero attached hydrogens (tertiary/aromatic N) is 2. The van der Waals surface area contributed by atoms with Gasteiger partial charge in [0.1, 0.15) is 0 Å². The number of ketones is 1. The molecule has 4 aromatic rings. The maximum absolute atomic E-state index is 13.2. The molecule has 5 nitrogen and oxygen atoms in total. The highest BCUT2D eigenvalue weighted by Crippen LogP contribution is 2.42. The van der Waals surface area contributed by atoms with Gasteiger partial charge in [-0.2, -0.15) is 0 Å². The Labute approximate surface area is 174 Å². The fourth-order valence-electron chi connectivity index (χ4n) is 3.92. The van der Waals surface area contributed by atoms with Gasteiger partial charge in [0.2, 0.25) is 0 Å². The average molecular weight is 447 g/mol. The molecule has 1 N–H and O–H groups in total. The lowest BCUT2D eigenvalue weighted by molar-refractivity contribution is 0.0562. The molecule has 6 heteroatoms. The molecule has 1 aromatic heterocycles. The minimum absolute atomic E-state index is 0.174. The summed E-state index contributed by atoms with van der Waals surface area (Å²) < 4.78 is 2.29. The van der Waals surface area contributed by atoms with Crippen molar-refractivity contribution in [3.05, 3.63) is 105 Å². The standard InChI is InChI=1S/C23H15BrN2O3/c24-15-11-9-14(10-12-15)20(27)13-23(29)17-6-2-4-8-19(17)26-21(28)16-5-1-3-7-18(16)25-22(23)26/h1-12,29H,13H2/t23-/m0/s1. The number of halogens is 1. The van der Waals surface area contributed by atoms with Crippen LogP contribution in [0.4, 0.5) is 0 Å². The molecule has 3 aromatic carbocycles. The molecule has 0 bridgehead atoms. The molecule has 0 saturated carbocycles. The second-order valence-corrected chi connectivity index (χ2v) is 7.99. The van der Waals surface area contributed by atoms with Gasteiger partial charge >= 0.3 is 0 Å². The second kappa shape index (κ2) is 6.47. The van der Waals surface area contributed by atoms with Crippen LogP contribution in [0.1, 0.15) is 28.2 Å². The molecule has 29 heavy (non-hydrogen) atoms. The summed E-state index contributed by atoms with van der Waals surface area (Å²) in [7, 11) is 0.